The Morgan fingerprint density at radius 3 is 1.30 bits per heavy atom. The second-order valence-electron chi connectivity index (χ2n) is 13.9. The Balaban J connectivity index is 0.000000187. The largest absolute Gasteiger partial charge is 4.00 e. The maximum Gasteiger partial charge on any atom is 4.00 e. The van der Waals surface area contributed by atoms with E-state index in [0.717, 1.165) is 19.3 Å². The van der Waals surface area contributed by atoms with Crippen molar-refractivity contribution in [3.8, 4) is 22.3 Å². The fourth-order valence-electron chi connectivity index (χ4n) is 6.78. The summed E-state index contributed by atoms with van der Waals surface area (Å²) in [6, 6.07) is 52.9. The minimum atomic E-state index is 0. The molecular formula is C52H56SiZr. The summed E-state index contributed by atoms with van der Waals surface area (Å²) in [4.78, 5) is 0. The molecule has 54 heavy (non-hydrogen) atoms. The molecule has 2 heteroatoms. The van der Waals surface area contributed by atoms with Crippen LogP contribution in [0.25, 0.3) is 65.3 Å². The molecule has 0 nitrogen and oxygen atoms in total. The molecule has 0 saturated carbocycles. The molecule has 8 aromatic rings. The van der Waals surface area contributed by atoms with Gasteiger partial charge in [-0.3, -0.25) is 0 Å². The van der Waals surface area contributed by atoms with Crippen molar-refractivity contribution in [3.05, 3.63) is 170 Å². The molecule has 0 saturated heterocycles. The summed E-state index contributed by atoms with van der Waals surface area (Å²) >= 11 is 0. The third-order valence-corrected chi connectivity index (χ3v) is 10.2. The van der Waals surface area contributed by atoms with Gasteiger partial charge in [-0.15, -0.1) is 74.2 Å². The Bertz CT molecular complexity index is 2200. The minimum Gasteiger partial charge on any atom is -0.343 e. The first-order valence-corrected chi connectivity index (χ1v) is 20.2. The van der Waals surface area contributed by atoms with Crippen LogP contribution in [0.15, 0.2) is 146 Å². The Kier molecular flexibility index (Phi) is 17.3. The molecule has 0 aliphatic rings. The minimum absolute atomic E-state index is 0. The van der Waals surface area contributed by atoms with Crippen LogP contribution in [-0.4, -0.2) is 15.0 Å². The van der Waals surface area contributed by atoms with E-state index in [1.165, 1.54) is 95.7 Å². The summed E-state index contributed by atoms with van der Waals surface area (Å²) in [5, 5.41) is 12.2. The van der Waals surface area contributed by atoms with Crippen LogP contribution in [0.4, 0.5) is 0 Å². The van der Waals surface area contributed by atoms with Gasteiger partial charge in [0.25, 0.3) is 0 Å². The van der Waals surface area contributed by atoms with E-state index in [1.807, 2.05) is 9.85 Å². The predicted octanol–water partition coefficient (Wildman–Crippen LogP) is 14.3. The van der Waals surface area contributed by atoms with Crippen LogP contribution in [0.1, 0.15) is 71.4 Å². The molecule has 8 aromatic carbocycles. The smallest absolute Gasteiger partial charge is 0.343 e. The van der Waals surface area contributed by atoms with Gasteiger partial charge in [-0.25, -0.2) is 0 Å². The van der Waals surface area contributed by atoms with Gasteiger partial charge in [0.15, 0.2) is 0 Å². The molecule has 8 rings (SSSR count). The van der Waals surface area contributed by atoms with E-state index in [-0.39, 0.29) is 26.2 Å². The van der Waals surface area contributed by atoms with Gasteiger partial charge in [-0.2, -0.15) is 31.9 Å². The van der Waals surface area contributed by atoms with E-state index in [9.17, 15) is 0 Å². The van der Waals surface area contributed by atoms with E-state index in [2.05, 4.69) is 194 Å². The van der Waals surface area contributed by atoms with Gasteiger partial charge in [0.1, 0.15) is 0 Å². The molecule has 0 spiro atoms. The van der Waals surface area contributed by atoms with E-state index in [4.69, 9.17) is 0 Å². The molecule has 0 heterocycles. The van der Waals surface area contributed by atoms with Crippen molar-refractivity contribution in [1.29, 1.82) is 0 Å². The van der Waals surface area contributed by atoms with Crippen LogP contribution in [0.3, 0.4) is 0 Å². The van der Waals surface area contributed by atoms with Crippen molar-refractivity contribution >= 4 is 58.1 Å². The van der Waals surface area contributed by atoms with Crippen LogP contribution in [-0.2, 0) is 39.0 Å². The Hall–Kier alpha value is -3.97. The average molecular weight is 800 g/mol. The second-order valence-corrected chi connectivity index (χ2v) is 15.1. The van der Waals surface area contributed by atoms with Crippen LogP contribution in [0.2, 0.25) is 0 Å². The van der Waals surface area contributed by atoms with Crippen molar-refractivity contribution in [1.82, 2.24) is 0 Å². The third-order valence-electron chi connectivity index (χ3n) is 9.81. The first-order chi connectivity index (χ1) is 25.9. The molecule has 0 amide bonds. The zero-order valence-electron chi connectivity index (χ0n) is 33.1. The Morgan fingerprint density at radius 2 is 0.944 bits per heavy atom. The van der Waals surface area contributed by atoms with E-state index in [1.54, 1.807) is 5.17 Å². The molecule has 0 N–H and O–H groups in total. The zero-order chi connectivity index (χ0) is 37.6. The monoisotopic (exact) mass is 798 g/mol. The predicted molar refractivity (Wildman–Crippen MR) is 242 cm³/mol. The third kappa shape index (κ3) is 10.8. The van der Waals surface area contributed by atoms with Gasteiger partial charge in [0.2, 0.25) is 0 Å². The van der Waals surface area contributed by atoms with Crippen molar-refractivity contribution < 1.29 is 26.2 Å². The van der Waals surface area contributed by atoms with Gasteiger partial charge in [0.05, 0.1) is 0 Å². The maximum atomic E-state index is 3.60. The van der Waals surface area contributed by atoms with Gasteiger partial charge in [-0.1, -0.05) is 142 Å². The molecule has 0 bridgehead atoms. The second kappa shape index (κ2) is 21.8. The van der Waals surface area contributed by atoms with Crippen molar-refractivity contribution in [2.75, 3.05) is 0 Å². The molecule has 0 unspecified atom stereocenters. The van der Waals surface area contributed by atoms with Gasteiger partial charge in [-0.05, 0) is 62.3 Å². The topological polar surface area (TPSA) is 0 Å². The van der Waals surface area contributed by atoms with Crippen molar-refractivity contribution in [2.24, 2.45) is 0 Å². The summed E-state index contributed by atoms with van der Waals surface area (Å²) in [6.45, 7) is 14.4. The summed E-state index contributed by atoms with van der Waals surface area (Å²) < 4.78 is 0. The van der Waals surface area contributed by atoms with E-state index < -0.39 is 0 Å². The summed E-state index contributed by atoms with van der Waals surface area (Å²) in [6.07, 6.45) is 9.18. The van der Waals surface area contributed by atoms with E-state index >= 15 is 0 Å². The SMILES string of the molecule is CCc1cc2c(-c3cccc4ccccc34)cccc2[cH-]1.CCc1cc2c(-c3cccc4ccccc34)cccc2[cH-]1.C[CH-]CCC(C)=[SiH2].[CH2-]CCC.[Zr+4]. The van der Waals surface area contributed by atoms with Crippen LogP contribution in [0, 0.1) is 13.3 Å². The molecule has 0 atom stereocenters. The Morgan fingerprint density at radius 1 is 0.574 bits per heavy atom. The fraction of sp³-hybridized carbons (Fsp3) is 0.212. The molecule has 0 aliphatic carbocycles. The van der Waals surface area contributed by atoms with Crippen molar-refractivity contribution in [2.45, 2.75) is 73.1 Å². The summed E-state index contributed by atoms with van der Waals surface area (Å²) in [5.74, 6) is 0. The molecule has 272 valence electrons. The number of unbranched alkanes of at least 4 members (excludes halogenated alkanes) is 2. The average Bonchev–Trinajstić information content (AvgIpc) is 3.85. The molecule has 0 aliphatic heterocycles. The number of hydrogen-bond acceptors (Lipinski definition) is 0. The number of fused-ring (bicyclic) bond motifs is 4. The summed E-state index contributed by atoms with van der Waals surface area (Å²) in [5.41, 5.74) is 8.15. The quantitative estimate of drug-likeness (QED) is 0.106. The van der Waals surface area contributed by atoms with Gasteiger partial charge in [0, 0.05) is 0 Å². The standard InChI is InChI=1S/2C21H17.C6H13Si.C4H9.Zr/c2*1-2-15-13-17-9-6-12-20(21(17)14-15)19-11-5-8-16-7-3-4-10-18(16)19;1-3-4-5-6(2)7;1-3-4-2;/h2*3-14H,2H2,1H3;3H,4-5,7H2,1-2H3;1,3-4H2,2H3;/q4*-1;+4. The Labute approximate surface area is 347 Å². The zero-order valence-corrected chi connectivity index (χ0v) is 37.0. The van der Waals surface area contributed by atoms with Crippen LogP contribution >= 0.6 is 0 Å². The first kappa shape index (κ1) is 42.8. The number of benzene rings is 6. The van der Waals surface area contributed by atoms with Gasteiger partial charge >= 0.3 is 26.2 Å². The molecule has 0 radical (unpaired) electrons. The van der Waals surface area contributed by atoms with Crippen molar-refractivity contribution in [3.63, 3.8) is 0 Å². The number of rotatable bonds is 8. The summed E-state index contributed by atoms with van der Waals surface area (Å²) in [7, 11) is 1.99. The maximum absolute atomic E-state index is 3.60. The first-order valence-electron chi connectivity index (χ1n) is 19.5. The normalized spacial score (nSPS) is 10.5. The van der Waals surface area contributed by atoms with Crippen LogP contribution in [0.5, 0.6) is 0 Å². The van der Waals surface area contributed by atoms with E-state index in [0.29, 0.717) is 0 Å². The van der Waals surface area contributed by atoms with Gasteiger partial charge < -0.3 is 13.3 Å². The molecule has 0 fully saturated rings. The van der Waals surface area contributed by atoms with Crippen LogP contribution < -0.4 is 0 Å². The molecular weight excluding hydrogens is 744 g/mol. The number of hydrogen-bond donors (Lipinski definition) is 0. The molecule has 0 aromatic heterocycles. The fourth-order valence-corrected chi connectivity index (χ4v) is 6.99. The number of aryl methyl sites for hydroxylation is 2.